The first-order valence-electron chi connectivity index (χ1n) is 10.7. The maximum Gasteiger partial charge on any atom is 0.158 e. The largest absolute Gasteiger partial charge is 0.382 e. The third kappa shape index (κ3) is 3.79. The number of nitrogens with two attached hydrogens (primary N) is 3. The summed E-state index contributed by atoms with van der Waals surface area (Å²) in [7, 11) is 0. The van der Waals surface area contributed by atoms with Gasteiger partial charge in [0.25, 0.3) is 0 Å². The molecule has 3 aromatic rings. The standard InChI is InChI=1S/C23H22ClFN8S/c24-18-16(1-4-30-20(18)28)34-22-21(29)32-17(11-31-22)33-5-2-23(3-6-33)9-12-8-15(25)13(10-26)7-14(12)19(23)27/h1,4,7-8,11,19H,2-3,5-6,9,27H2,(H2,28,30)(H2,29,32)/t19-/m1/s1. The number of benzene rings is 1. The molecule has 0 saturated carbocycles. The fraction of sp³-hybridized carbons (Fsp3) is 0.304. The highest BCUT2D eigenvalue weighted by Crippen LogP contribution is 2.51. The van der Waals surface area contributed by atoms with Gasteiger partial charge in [-0.15, -0.1) is 0 Å². The number of aromatic nitrogens is 3. The average Bonchev–Trinajstić information content (AvgIpc) is 3.08. The monoisotopic (exact) mass is 496 g/mol. The summed E-state index contributed by atoms with van der Waals surface area (Å²) in [5.41, 5.74) is 20.3. The Bertz CT molecular complexity index is 1320. The molecule has 5 rings (SSSR count). The highest BCUT2D eigenvalue weighted by Gasteiger charge is 2.46. The number of fused-ring (bicyclic) bond motifs is 1. The summed E-state index contributed by atoms with van der Waals surface area (Å²) in [5, 5.41) is 10.1. The van der Waals surface area contributed by atoms with Gasteiger partial charge in [-0.1, -0.05) is 23.4 Å². The zero-order valence-electron chi connectivity index (χ0n) is 18.1. The van der Waals surface area contributed by atoms with Crippen LogP contribution in [0.3, 0.4) is 0 Å². The molecule has 0 unspecified atom stereocenters. The van der Waals surface area contributed by atoms with Gasteiger partial charge < -0.3 is 22.1 Å². The van der Waals surface area contributed by atoms with E-state index in [2.05, 4.69) is 19.9 Å². The maximum absolute atomic E-state index is 14.1. The van der Waals surface area contributed by atoms with Gasteiger partial charge in [0.15, 0.2) is 5.82 Å². The Kier molecular flexibility index (Phi) is 5.72. The summed E-state index contributed by atoms with van der Waals surface area (Å²) in [6, 6.07) is 6.51. The van der Waals surface area contributed by atoms with Gasteiger partial charge in [0.2, 0.25) is 0 Å². The molecule has 34 heavy (non-hydrogen) atoms. The SMILES string of the molecule is N#Cc1cc2c(cc1F)CC1(CCN(c3cnc(Sc4ccnc(N)c4Cl)c(N)n3)CC1)[C@@H]2N. The molecule has 1 fully saturated rings. The number of hydrogen-bond acceptors (Lipinski definition) is 9. The van der Waals surface area contributed by atoms with E-state index in [1.165, 1.54) is 17.8 Å². The van der Waals surface area contributed by atoms with Crippen LogP contribution < -0.4 is 22.1 Å². The molecule has 1 saturated heterocycles. The molecular weight excluding hydrogens is 475 g/mol. The maximum atomic E-state index is 14.1. The zero-order chi connectivity index (χ0) is 24.0. The summed E-state index contributed by atoms with van der Waals surface area (Å²) in [6.45, 7) is 1.45. The molecule has 6 N–H and O–H groups in total. The normalized spacial score (nSPS) is 18.6. The summed E-state index contributed by atoms with van der Waals surface area (Å²) in [5.74, 6) is 0.760. The van der Waals surface area contributed by atoms with Crippen LogP contribution in [0.2, 0.25) is 5.02 Å². The first-order valence-corrected chi connectivity index (χ1v) is 11.9. The van der Waals surface area contributed by atoms with E-state index in [9.17, 15) is 9.65 Å². The molecule has 1 aliphatic carbocycles. The van der Waals surface area contributed by atoms with Crippen LogP contribution in [0, 0.1) is 22.6 Å². The number of anilines is 3. The molecule has 1 aliphatic heterocycles. The summed E-state index contributed by atoms with van der Waals surface area (Å²) >= 11 is 7.51. The number of piperidine rings is 1. The topological polar surface area (TPSA) is 144 Å². The Morgan fingerprint density at radius 1 is 1.21 bits per heavy atom. The van der Waals surface area contributed by atoms with Gasteiger partial charge in [-0.2, -0.15) is 5.26 Å². The molecule has 1 spiro atoms. The van der Waals surface area contributed by atoms with Crippen molar-refractivity contribution in [2.24, 2.45) is 11.1 Å². The molecule has 1 atom stereocenters. The molecular formula is C23H22ClFN8S. The van der Waals surface area contributed by atoms with Gasteiger partial charge in [0.05, 0.1) is 16.8 Å². The molecule has 3 heterocycles. The summed E-state index contributed by atoms with van der Waals surface area (Å²) in [6.07, 6.45) is 5.62. The summed E-state index contributed by atoms with van der Waals surface area (Å²) in [4.78, 5) is 15.9. The van der Waals surface area contributed by atoms with Gasteiger partial charge in [0, 0.05) is 30.2 Å². The Labute approximate surface area is 205 Å². The van der Waals surface area contributed by atoms with E-state index >= 15 is 0 Å². The number of nitrogens with zero attached hydrogens (tertiary/aromatic N) is 5. The highest BCUT2D eigenvalue weighted by atomic mass is 35.5. The van der Waals surface area contributed by atoms with Crippen molar-refractivity contribution in [3.63, 3.8) is 0 Å². The number of pyridine rings is 1. The Hall–Kier alpha value is -3.13. The zero-order valence-corrected chi connectivity index (χ0v) is 19.7. The Balaban J connectivity index is 1.30. The molecule has 0 radical (unpaired) electrons. The van der Waals surface area contributed by atoms with Gasteiger partial charge in [0.1, 0.15) is 28.5 Å². The first kappa shape index (κ1) is 22.7. The van der Waals surface area contributed by atoms with E-state index in [4.69, 9.17) is 28.8 Å². The van der Waals surface area contributed by atoms with E-state index in [-0.39, 0.29) is 22.8 Å². The van der Waals surface area contributed by atoms with Gasteiger partial charge >= 0.3 is 0 Å². The molecule has 0 amide bonds. The van der Waals surface area contributed by atoms with Crippen molar-refractivity contribution in [3.8, 4) is 6.07 Å². The highest BCUT2D eigenvalue weighted by molar-refractivity contribution is 7.99. The van der Waals surface area contributed by atoms with Crippen molar-refractivity contribution >= 4 is 40.8 Å². The van der Waals surface area contributed by atoms with Crippen LogP contribution in [0.5, 0.6) is 0 Å². The predicted octanol–water partition coefficient (Wildman–Crippen LogP) is 3.69. The lowest BCUT2D eigenvalue weighted by Gasteiger charge is -2.42. The van der Waals surface area contributed by atoms with Crippen LogP contribution in [0.25, 0.3) is 0 Å². The minimum atomic E-state index is -0.484. The van der Waals surface area contributed by atoms with Crippen LogP contribution in [-0.4, -0.2) is 28.0 Å². The Morgan fingerprint density at radius 2 is 1.97 bits per heavy atom. The molecule has 8 nitrogen and oxygen atoms in total. The second-order valence-electron chi connectivity index (χ2n) is 8.68. The fourth-order valence-corrected chi connectivity index (χ4v) is 5.90. The van der Waals surface area contributed by atoms with Gasteiger partial charge in [-0.3, -0.25) is 0 Å². The van der Waals surface area contributed by atoms with Crippen molar-refractivity contribution in [1.29, 1.82) is 5.26 Å². The van der Waals surface area contributed by atoms with Crippen molar-refractivity contribution in [1.82, 2.24) is 15.0 Å². The van der Waals surface area contributed by atoms with Crippen LogP contribution in [0.4, 0.5) is 21.8 Å². The lowest BCUT2D eigenvalue weighted by molar-refractivity contribution is 0.187. The van der Waals surface area contributed by atoms with Crippen LogP contribution >= 0.6 is 23.4 Å². The molecule has 11 heteroatoms. The molecule has 174 valence electrons. The molecule has 2 aliphatic rings. The van der Waals surface area contributed by atoms with Crippen LogP contribution in [-0.2, 0) is 6.42 Å². The molecule has 0 bridgehead atoms. The third-order valence-corrected chi connectivity index (χ3v) is 8.39. The van der Waals surface area contributed by atoms with Gasteiger partial charge in [-0.25, -0.2) is 19.3 Å². The lowest BCUT2D eigenvalue weighted by Crippen LogP contribution is -2.44. The number of nitriles is 1. The number of nitrogen functional groups attached to an aromatic ring is 2. The number of hydrogen-bond donors (Lipinski definition) is 3. The van der Waals surface area contributed by atoms with E-state index < -0.39 is 5.82 Å². The van der Waals surface area contributed by atoms with Gasteiger partial charge in [-0.05, 0) is 54.0 Å². The van der Waals surface area contributed by atoms with E-state index in [0.29, 0.717) is 33.0 Å². The Morgan fingerprint density at radius 3 is 2.68 bits per heavy atom. The lowest BCUT2D eigenvalue weighted by atomic mass is 9.73. The first-order chi connectivity index (χ1) is 16.3. The summed E-state index contributed by atoms with van der Waals surface area (Å²) < 4.78 is 14.1. The smallest absolute Gasteiger partial charge is 0.158 e. The second kappa shape index (κ2) is 8.58. The van der Waals surface area contributed by atoms with Crippen LogP contribution in [0.15, 0.2) is 40.5 Å². The van der Waals surface area contributed by atoms with Crippen molar-refractivity contribution in [2.75, 3.05) is 29.5 Å². The van der Waals surface area contributed by atoms with Crippen molar-refractivity contribution < 1.29 is 4.39 Å². The second-order valence-corrected chi connectivity index (χ2v) is 10.1. The van der Waals surface area contributed by atoms with Crippen LogP contribution in [0.1, 0.15) is 35.6 Å². The number of rotatable bonds is 3. The average molecular weight is 497 g/mol. The van der Waals surface area contributed by atoms with E-state index in [0.717, 1.165) is 37.1 Å². The van der Waals surface area contributed by atoms with E-state index in [1.807, 2.05) is 6.07 Å². The third-order valence-electron chi connectivity index (χ3n) is 6.81. The van der Waals surface area contributed by atoms with E-state index in [1.54, 1.807) is 24.5 Å². The van der Waals surface area contributed by atoms with Crippen molar-refractivity contribution in [3.05, 3.63) is 58.1 Å². The number of halogens is 2. The minimum Gasteiger partial charge on any atom is -0.382 e. The van der Waals surface area contributed by atoms with Crippen molar-refractivity contribution in [2.45, 2.75) is 35.2 Å². The fourth-order valence-electron chi connectivity index (χ4n) is 4.89. The quantitative estimate of drug-likeness (QED) is 0.494. The minimum absolute atomic E-state index is 0.0446. The molecule has 2 aromatic heterocycles. The molecule has 1 aromatic carbocycles. The predicted molar refractivity (Wildman–Crippen MR) is 130 cm³/mol.